The summed E-state index contributed by atoms with van der Waals surface area (Å²) in [5.41, 5.74) is 3.65. The number of anilines is 1. The third kappa shape index (κ3) is 5.92. The first kappa shape index (κ1) is 26.5. The lowest BCUT2D eigenvalue weighted by Crippen LogP contribution is -2.52. The van der Waals surface area contributed by atoms with Crippen molar-refractivity contribution in [2.24, 2.45) is 0 Å². The van der Waals surface area contributed by atoms with E-state index in [1.807, 2.05) is 12.3 Å². The van der Waals surface area contributed by atoms with E-state index in [0.717, 1.165) is 60.2 Å². The lowest BCUT2D eigenvalue weighted by atomic mass is 10.0. The Kier molecular flexibility index (Phi) is 9.77. The Bertz CT molecular complexity index is 1180. The molecule has 8 heteroatoms. The van der Waals surface area contributed by atoms with Gasteiger partial charge in [0.15, 0.2) is 0 Å². The largest absolute Gasteiger partial charge is 0.365 e. The van der Waals surface area contributed by atoms with Crippen molar-refractivity contribution in [3.05, 3.63) is 75.5 Å². The van der Waals surface area contributed by atoms with Gasteiger partial charge in [-0.05, 0) is 43.4 Å². The van der Waals surface area contributed by atoms with Gasteiger partial charge < -0.3 is 15.5 Å². The van der Waals surface area contributed by atoms with Crippen molar-refractivity contribution in [2.45, 2.75) is 45.1 Å². The molecule has 5 rings (SSSR count). The van der Waals surface area contributed by atoms with Gasteiger partial charge in [0.05, 0.1) is 16.1 Å². The third-order valence-corrected chi connectivity index (χ3v) is 7.30. The topological polar surface area (TPSA) is 53.1 Å². The van der Waals surface area contributed by atoms with E-state index in [0.29, 0.717) is 6.04 Å². The lowest BCUT2D eigenvalue weighted by molar-refractivity contribution is 0.268. The summed E-state index contributed by atoms with van der Waals surface area (Å²) in [5.74, 6) is 0. The predicted octanol–water partition coefficient (Wildman–Crippen LogP) is 3.95. The molecular weight excluding hydrogens is 485 g/mol. The van der Waals surface area contributed by atoms with Crippen LogP contribution < -0.4 is 21.2 Å². The number of piperazine rings is 1. The van der Waals surface area contributed by atoms with Gasteiger partial charge in [-0.25, -0.2) is 4.98 Å². The highest BCUT2D eigenvalue weighted by Crippen LogP contribution is 2.32. The van der Waals surface area contributed by atoms with Crippen molar-refractivity contribution < 1.29 is 0 Å². The molecule has 1 saturated heterocycles. The monoisotopic (exact) mass is 517 g/mol. The maximum atomic E-state index is 5.12. The number of aryl methyl sites for hydroxylation is 2. The van der Waals surface area contributed by atoms with E-state index in [4.69, 9.17) is 9.97 Å². The van der Waals surface area contributed by atoms with E-state index in [2.05, 4.69) is 65.1 Å². The summed E-state index contributed by atoms with van der Waals surface area (Å²) in [6, 6.07) is 15.4. The number of unbranched alkanes of at least 4 members (excludes halogenated alkanes) is 1. The molecule has 2 aliphatic rings. The molecule has 1 unspecified atom stereocenters. The number of rotatable bonds is 7. The van der Waals surface area contributed by atoms with E-state index in [1.54, 1.807) is 11.3 Å². The number of nitrogens with one attached hydrogen (secondary N) is 2. The summed E-state index contributed by atoms with van der Waals surface area (Å²) < 4.78 is 0. The number of fused-ring (bicyclic) bond motifs is 2. The smallest absolute Gasteiger partial charge is 0.124 e. The van der Waals surface area contributed by atoms with Crippen LogP contribution >= 0.6 is 36.2 Å². The van der Waals surface area contributed by atoms with Crippen molar-refractivity contribution in [2.75, 3.05) is 25.0 Å². The summed E-state index contributed by atoms with van der Waals surface area (Å²) >= 11 is 1.79. The van der Waals surface area contributed by atoms with Crippen LogP contribution in [0.2, 0.25) is 0 Å². The Morgan fingerprint density at radius 1 is 1.09 bits per heavy atom. The minimum atomic E-state index is 0. The second-order valence-corrected chi connectivity index (χ2v) is 9.67. The minimum absolute atomic E-state index is 0. The first-order valence-electron chi connectivity index (χ1n) is 11.8. The average molecular weight is 519 g/mol. The molecule has 4 heterocycles. The molecule has 1 fully saturated rings. The molecule has 0 saturated carbocycles. The van der Waals surface area contributed by atoms with E-state index in [1.165, 1.54) is 29.1 Å². The van der Waals surface area contributed by atoms with Gasteiger partial charge in [0.2, 0.25) is 0 Å². The fourth-order valence-corrected chi connectivity index (χ4v) is 5.53. The number of hydrogen-bond acceptors (Lipinski definition) is 6. The first-order chi connectivity index (χ1) is 15.8. The standard InChI is InChI=1S/C26H31N5S.2ClH/c1-2-3-11-22-30-24-25(23-20(10-7-14-28-23)17-29-26(24)32-22)31-16-15-27-21(18-31)13-12-19-8-5-4-6-9-19;;/h4-10,14,17,21,27,29H,2-3,11-13,15-16,18H2,1H3;2*1H. The first-order valence-corrected chi connectivity index (χ1v) is 12.6. The SMILES string of the molecule is CCCCc1nc2c(s1)NC=c1cccnc1=C2N1CCNC(CCc2ccccc2)C1.Cl.Cl. The number of pyridine rings is 1. The highest BCUT2D eigenvalue weighted by Gasteiger charge is 2.27. The fraction of sp³-hybridized carbons (Fsp3) is 0.385. The molecule has 0 aliphatic carbocycles. The van der Waals surface area contributed by atoms with Crippen LogP contribution in [0, 0.1) is 0 Å². The molecule has 3 aromatic rings. The van der Waals surface area contributed by atoms with Gasteiger partial charge in [0.25, 0.3) is 0 Å². The average Bonchev–Trinajstić information content (AvgIpc) is 3.17. The van der Waals surface area contributed by atoms with Crippen LogP contribution in [0.3, 0.4) is 0 Å². The van der Waals surface area contributed by atoms with E-state index in [-0.39, 0.29) is 24.8 Å². The maximum Gasteiger partial charge on any atom is 0.124 e. The molecule has 182 valence electrons. The maximum absolute atomic E-state index is 5.12. The van der Waals surface area contributed by atoms with Crippen LogP contribution in [0.15, 0.2) is 48.7 Å². The van der Waals surface area contributed by atoms with Gasteiger partial charge in [0, 0.05) is 43.3 Å². The van der Waals surface area contributed by atoms with Crippen LogP contribution in [-0.4, -0.2) is 40.5 Å². The summed E-state index contributed by atoms with van der Waals surface area (Å²) in [6.45, 7) is 5.15. The Hall–Kier alpha value is -2.12. The second kappa shape index (κ2) is 12.5. The molecule has 5 nitrogen and oxygen atoms in total. The van der Waals surface area contributed by atoms with Gasteiger partial charge in [-0.1, -0.05) is 43.7 Å². The van der Waals surface area contributed by atoms with E-state index in [9.17, 15) is 0 Å². The highest BCUT2D eigenvalue weighted by molar-refractivity contribution is 7.16. The van der Waals surface area contributed by atoms with Crippen molar-refractivity contribution in [3.8, 4) is 0 Å². The van der Waals surface area contributed by atoms with Gasteiger partial charge >= 0.3 is 0 Å². The van der Waals surface area contributed by atoms with Crippen molar-refractivity contribution in [1.29, 1.82) is 0 Å². The zero-order valence-corrected chi connectivity index (χ0v) is 21.9. The molecule has 2 N–H and O–H groups in total. The van der Waals surface area contributed by atoms with Crippen LogP contribution in [-0.2, 0) is 12.8 Å². The number of nitrogens with zero attached hydrogens (tertiary/aromatic N) is 3. The highest BCUT2D eigenvalue weighted by atomic mass is 35.5. The molecule has 34 heavy (non-hydrogen) atoms. The Morgan fingerprint density at radius 2 is 1.94 bits per heavy atom. The van der Waals surface area contributed by atoms with Crippen molar-refractivity contribution in [1.82, 2.24) is 20.2 Å². The summed E-state index contributed by atoms with van der Waals surface area (Å²) in [4.78, 5) is 12.5. The molecule has 1 atom stereocenters. The molecule has 0 amide bonds. The van der Waals surface area contributed by atoms with Gasteiger partial charge in [-0.2, -0.15) is 0 Å². The van der Waals surface area contributed by atoms with E-state index >= 15 is 0 Å². The molecular formula is C26H33Cl2N5S. The molecule has 0 bridgehead atoms. The molecule has 0 radical (unpaired) electrons. The zero-order chi connectivity index (χ0) is 21.8. The summed E-state index contributed by atoms with van der Waals surface area (Å²) in [7, 11) is 0. The van der Waals surface area contributed by atoms with Crippen LogP contribution in [0.4, 0.5) is 5.00 Å². The summed E-state index contributed by atoms with van der Waals surface area (Å²) in [6.07, 6.45) is 9.61. The Balaban J connectivity index is 0.00000162. The third-order valence-electron chi connectivity index (χ3n) is 6.26. The predicted molar refractivity (Wildman–Crippen MR) is 147 cm³/mol. The van der Waals surface area contributed by atoms with Crippen LogP contribution in [0.5, 0.6) is 0 Å². The van der Waals surface area contributed by atoms with Crippen molar-refractivity contribution in [3.63, 3.8) is 0 Å². The van der Waals surface area contributed by atoms with Gasteiger partial charge in [-0.3, -0.25) is 4.98 Å². The molecule has 1 aromatic carbocycles. The van der Waals surface area contributed by atoms with Crippen LogP contribution in [0.1, 0.15) is 42.5 Å². The van der Waals surface area contributed by atoms with E-state index < -0.39 is 0 Å². The number of benzene rings is 1. The zero-order valence-electron chi connectivity index (χ0n) is 19.5. The minimum Gasteiger partial charge on any atom is -0.365 e. The quantitative estimate of drug-likeness (QED) is 0.496. The van der Waals surface area contributed by atoms with Gasteiger partial charge in [0.1, 0.15) is 10.7 Å². The Morgan fingerprint density at radius 3 is 2.76 bits per heavy atom. The second-order valence-electron chi connectivity index (χ2n) is 8.59. The molecule has 0 spiro atoms. The van der Waals surface area contributed by atoms with Crippen LogP contribution in [0.25, 0.3) is 11.9 Å². The van der Waals surface area contributed by atoms with Crippen molar-refractivity contribution >= 4 is 53.0 Å². The summed E-state index contributed by atoms with van der Waals surface area (Å²) in [5, 5.41) is 11.8. The number of aromatic nitrogens is 2. The number of thiazole rings is 1. The van der Waals surface area contributed by atoms with Gasteiger partial charge in [-0.15, -0.1) is 36.2 Å². The normalized spacial score (nSPS) is 16.7. The molecule has 2 aromatic heterocycles. The lowest BCUT2D eigenvalue weighted by Gasteiger charge is -2.36. The number of halogens is 2. The number of hydrogen-bond donors (Lipinski definition) is 2. The Labute approximate surface area is 218 Å². The molecule has 2 aliphatic heterocycles. The fourth-order valence-electron chi connectivity index (χ4n) is 4.55.